The third-order valence-electron chi connectivity index (χ3n) is 1.89. The Labute approximate surface area is 73.5 Å². The second-order valence-corrected chi connectivity index (χ2v) is 2.84. The molecular weight excluding hydrogens is 154 g/mol. The Bertz CT molecular complexity index is 145. The Hall–Kier alpha value is -0.860. The molecule has 1 amide bonds. The van der Waals surface area contributed by atoms with Crippen LogP contribution in [0.5, 0.6) is 0 Å². The fourth-order valence-corrected chi connectivity index (χ4v) is 1.23. The van der Waals surface area contributed by atoms with Gasteiger partial charge in [-0.3, -0.25) is 4.79 Å². The molecule has 0 heterocycles. The van der Waals surface area contributed by atoms with Crippen LogP contribution in [0.1, 0.15) is 32.6 Å². The fraction of sp³-hybridized carbons (Fsp3) is 0.778. The first kappa shape index (κ1) is 11.1. The largest absolute Gasteiger partial charge is 0.359 e. The van der Waals surface area contributed by atoms with E-state index in [1.54, 1.807) is 7.05 Å². The number of carbonyl (C=O) groups excluding carboxylic acids is 2. The Balaban J connectivity index is 3.84. The van der Waals surface area contributed by atoms with Crippen LogP contribution in [0.2, 0.25) is 0 Å². The summed E-state index contributed by atoms with van der Waals surface area (Å²) in [7, 11) is 1.63. The van der Waals surface area contributed by atoms with Crippen LogP contribution >= 0.6 is 0 Å². The summed E-state index contributed by atoms with van der Waals surface area (Å²) in [6, 6.07) is 0. The van der Waals surface area contributed by atoms with Crippen molar-refractivity contribution in [2.45, 2.75) is 32.6 Å². The standard InChI is InChI=1S/C9H17NO2/c1-3-5-8(6-4-7-11)9(12)10-2/h7-8H,3-6H2,1-2H3,(H,10,12). The molecule has 3 heteroatoms. The van der Waals surface area contributed by atoms with E-state index in [0.717, 1.165) is 19.1 Å². The van der Waals surface area contributed by atoms with Gasteiger partial charge in [0.15, 0.2) is 0 Å². The highest BCUT2D eigenvalue weighted by Crippen LogP contribution is 2.12. The number of hydrogen-bond donors (Lipinski definition) is 1. The minimum Gasteiger partial charge on any atom is -0.359 e. The van der Waals surface area contributed by atoms with Crippen LogP contribution in [0.15, 0.2) is 0 Å². The van der Waals surface area contributed by atoms with Crippen molar-refractivity contribution in [3.8, 4) is 0 Å². The van der Waals surface area contributed by atoms with E-state index >= 15 is 0 Å². The summed E-state index contributed by atoms with van der Waals surface area (Å²) in [6.45, 7) is 2.04. The Morgan fingerprint density at radius 1 is 1.50 bits per heavy atom. The minimum absolute atomic E-state index is 0.0187. The predicted octanol–water partition coefficient (Wildman–Crippen LogP) is 1.13. The molecule has 0 aliphatic heterocycles. The molecule has 0 bridgehead atoms. The van der Waals surface area contributed by atoms with Crippen molar-refractivity contribution in [3.63, 3.8) is 0 Å². The third kappa shape index (κ3) is 4.11. The van der Waals surface area contributed by atoms with E-state index in [9.17, 15) is 9.59 Å². The Morgan fingerprint density at radius 3 is 2.58 bits per heavy atom. The topological polar surface area (TPSA) is 46.2 Å². The monoisotopic (exact) mass is 171 g/mol. The normalized spacial score (nSPS) is 12.2. The summed E-state index contributed by atoms with van der Waals surface area (Å²) in [6.07, 6.45) is 3.88. The van der Waals surface area contributed by atoms with Crippen molar-refractivity contribution in [2.75, 3.05) is 7.05 Å². The highest BCUT2D eigenvalue weighted by Gasteiger charge is 2.14. The van der Waals surface area contributed by atoms with Crippen molar-refractivity contribution in [3.05, 3.63) is 0 Å². The lowest BCUT2D eigenvalue weighted by Crippen LogP contribution is -2.27. The Morgan fingerprint density at radius 2 is 2.17 bits per heavy atom. The lowest BCUT2D eigenvalue weighted by molar-refractivity contribution is -0.125. The summed E-state index contributed by atoms with van der Waals surface area (Å²) >= 11 is 0. The smallest absolute Gasteiger partial charge is 0.222 e. The molecule has 0 aromatic carbocycles. The van der Waals surface area contributed by atoms with Crippen molar-refractivity contribution < 1.29 is 9.59 Å². The van der Waals surface area contributed by atoms with Crippen molar-refractivity contribution in [2.24, 2.45) is 5.92 Å². The van der Waals surface area contributed by atoms with Crippen molar-refractivity contribution in [1.29, 1.82) is 0 Å². The van der Waals surface area contributed by atoms with Gasteiger partial charge in [-0.15, -0.1) is 0 Å². The van der Waals surface area contributed by atoms with E-state index in [1.165, 1.54) is 0 Å². The van der Waals surface area contributed by atoms with E-state index in [2.05, 4.69) is 5.32 Å². The maximum absolute atomic E-state index is 11.2. The molecule has 1 atom stereocenters. The highest BCUT2D eigenvalue weighted by molar-refractivity contribution is 5.78. The van der Waals surface area contributed by atoms with Crippen LogP contribution < -0.4 is 5.32 Å². The first-order valence-corrected chi connectivity index (χ1v) is 4.41. The maximum Gasteiger partial charge on any atom is 0.222 e. The average molecular weight is 171 g/mol. The first-order chi connectivity index (χ1) is 5.76. The number of nitrogens with one attached hydrogen (secondary N) is 1. The maximum atomic E-state index is 11.2. The number of carbonyl (C=O) groups is 2. The van der Waals surface area contributed by atoms with Crippen LogP contribution in [-0.4, -0.2) is 19.2 Å². The highest BCUT2D eigenvalue weighted by atomic mass is 16.1. The molecule has 0 rings (SSSR count). The van der Waals surface area contributed by atoms with Gasteiger partial charge in [0.1, 0.15) is 6.29 Å². The summed E-state index contributed by atoms with van der Waals surface area (Å²) in [4.78, 5) is 21.3. The van der Waals surface area contributed by atoms with Crippen LogP contribution in [0.3, 0.4) is 0 Å². The molecule has 3 nitrogen and oxygen atoms in total. The Kier molecular flexibility index (Phi) is 6.34. The molecule has 1 unspecified atom stereocenters. The van der Waals surface area contributed by atoms with Crippen LogP contribution in [0.25, 0.3) is 0 Å². The number of amides is 1. The average Bonchev–Trinajstić information content (AvgIpc) is 2.11. The fourth-order valence-electron chi connectivity index (χ4n) is 1.23. The van der Waals surface area contributed by atoms with E-state index in [1.807, 2.05) is 6.92 Å². The van der Waals surface area contributed by atoms with Crippen molar-refractivity contribution in [1.82, 2.24) is 5.32 Å². The van der Waals surface area contributed by atoms with Gasteiger partial charge in [-0.1, -0.05) is 13.3 Å². The van der Waals surface area contributed by atoms with Crippen molar-refractivity contribution >= 4 is 12.2 Å². The quantitative estimate of drug-likeness (QED) is 0.609. The summed E-state index contributed by atoms with van der Waals surface area (Å²) in [5.74, 6) is 0.0731. The molecule has 0 aliphatic carbocycles. The van der Waals surface area contributed by atoms with Gasteiger partial charge in [-0.2, -0.15) is 0 Å². The molecular formula is C9H17NO2. The molecule has 0 aromatic rings. The molecule has 1 N–H and O–H groups in total. The van der Waals surface area contributed by atoms with Gasteiger partial charge in [0.2, 0.25) is 5.91 Å². The van der Waals surface area contributed by atoms with E-state index in [0.29, 0.717) is 12.8 Å². The van der Waals surface area contributed by atoms with Crippen LogP contribution in [0, 0.1) is 5.92 Å². The molecule has 0 saturated heterocycles. The summed E-state index contributed by atoms with van der Waals surface area (Å²) in [5, 5.41) is 2.60. The second kappa shape index (κ2) is 6.83. The molecule has 0 spiro atoms. The van der Waals surface area contributed by atoms with E-state index in [4.69, 9.17) is 0 Å². The zero-order chi connectivity index (χ0) is 9.40. The van der Waals surface area contributed by atoms with Crippen LogP contribution in [0.4, 0.5) is 0 Å². The number of rotatable bonds is 6. The lowest BCUT2D eigenvalue weighted by Gasteiger charge is -2.12. The predicted molar refractivity (Wildman–Crippen MR) is 47.8 cm³/mol. The molecule has 70 valence electrons. The van der Waals surface area contributed by atoms with Crippen LogP contribution in [-0.2, 0) is 9.59 Å². The summed E-state index contributed by atoms with van der Waals surface area (Å²) < 4.78 is 0. The SMILES string of the molecule is CCCC(CCC=O)C(=O)NC. The molecule has 0 saturated carbocycles. The van der Waals surface area contributed by atoms with Gasteiger partial charge in [-0.25, -0.2) is 0 Å². The van der Waals surface area contributed by atoms with Gasteiger partial charge in [-0.05, 0) is 12.8 Å². The minimum atomic E-state index is 0.0187. The molecule has 0 aliphatic rings. The first-order valence-electron chi connectivity index (χ1n) is 4.41. The zero-order valence-corrected chi connectivity index (χ0v) is 7.80. The number of hydrogen-bond acceptors (Lipinski definition) is 2. The number of aldehydes is 1. The van der Waals surface area contributed by atoms with Gasteiger partial charge in [0.05, 0.1) is 0 Å². The lowest BCUT2D eigenvalue weighted by atomic mass is 9.97. The van der Waals surface area contributed by atoms with E-state index in [-0.39, 0.29) is 11.8 Å². The van der Waals surface area contributed by atoms with Gasteiger partial charge < -0.3 is 10.1 Å². The van der Waals surface area contributed by atoms with E-state index < -0.39 is 0 Å². The van der Waals surface area contributed by atoms with Gasteiger partial charge in [0, 0.05) is 19.4 Å². The van der Waals surface area contributed by atoms with Gasteiger partial charge >= 0.3 is 0 Å². The third-order valence-corrected chi connectivity index (χ3v) is 1.89. The summed E-state index contributed by atoms with van der Waals surface area (Å²) in [5.41, 5.74) is 0. The molecule has 0 fully saturated rings. The zero-order valence-electron chi connectivity index (χ0n) is 7.80. The second-order valence-electron chi connectivity index (χ2n) is 2.84. The molecule has 0 radical (unpaired) electrons. The molecule has 12 heavy (non-hydrogen) atoms. The van der Waals surface area contributed by atoms with Gasteiger partial charge in [0.25, 0.3) is 0 Å². The molecule has 0 aromatic heterocycles.